The van der Waals surface area contributed by atoms with Crippen LogP contribution < -0.4 is 0 Å². The molecule has 2 fully saturated rings. The number of hydrogen-bond donors (Lipinski definition) is 0. The van der Waals surface area contributed by atoms with E-state index in [4.69, 9.17) is 0 Å². The van der Waals surface area contributed by atoms with Crippen molar-refractivity contribution in [1.29, 1.82) is 0 Å². The molecule has 0 amide bonds. The number of rotatable bonds is 4. The van der Waals surface area contributed by atoms with Gasteiger partial charge in [-0.05, 0) is 34.1 Å². The molecule has 0 radical (unpaired) electrons. The zero-order valence-corrected chi connectivity index (χ0v) is 16.5. The molecule has 22 heavy (non-hydrogen) atoms. The standard InChI is InChI=1S/C19H28OP2/c1-7-17(3,4)16-21-15-13-11-9-10-12(14(15)20)22(16)19(11,13)18(5,6)8-2/h9-13,15H,7-8H2,1-6H3/t11-,12-,13-,15-,19-,22?/m0/s1. The molecule has 6 atom stereocenters. The summed E-state index contributed by atoms with van der Waals surface area (Å²) in [5.41, 5.74) is 1.22. The number of Topliss-reactive ketones (excluding diaryl/α,β-unsaturated/α-hetero) is 1. The van der Waals surface area contributed by atoms with Crippen LogP contribution in [0.4, 0.5) is 0 Å². The highest BCUT2D eigenvalue weighted by Crippen LogP contribution is 2.89. The van der Waals surface area contributed by atoms with Gasteiger partial charge in [0.25, 0.3) is 0 Å². The molecule has 120 valence electrons. The van der Waals surface area contributed by atoms with E-state index in [0.717, 1.165) is 0 Å². The Bertz CT molecular complexity index is 615. The van der Waals surface area contributed by atoms with Crippen LogP contribution in [0.1, 0.15) is 54.4 Å². The smallest absolute Gasteiger partial charge is 0.155 e. The van der Waals surface area contributed by atoms with Crippen LogP contribution in [0.5, 0.6) is 0 Å². The zero-order chi connectivity index (χ0) is 16.1. The summed E-state index contributed by atoms with van der Waals surface area (Å²) in [5, 5.41) is 2.21. The van der Waals surface area contributed by atoms with Crippen LogP contribution >= 0.6 is 16.1 Å². The fourth-order valence-electron chi connectivity index (χ4n) is 5.38. The average Bonchev–Trinajstić information content (AvgIpc) is 3.22. The Hall–Kier alpha value is 0.01000. The molecule has 5 aliphatic rings. The lowest BCUT2D eigenvalue weighted by molar-refractivity contribution is -0.118. The van der Waals surface area contributed by atoms with Crippen LogP contribution in [0.25, 0.3) is 0 Å². The van der Waals surface area contributed by atoms with Crippen LogP contribution in [0.2, 0.25) is 0 Å². The van der Waals surface area contributed by atoms with Crippen LogP contribution in [0.15, 0.2) is 12.2 Å². The fraction of sp³-hybridized carbons (Fsp3) is 0.789. The second-order valence-corrected chi connectivity index (χ2v) is 12.9. The first-order valence-electron chi connectivity index (χ1n) is 8.83. The third-order valence-corrected chi connectivity index (χ3v) is 14.1. The van der Waals surface area contributed by atoms with Gasteiger partial charge in [-0.2, -0.15) is 0 Å². The van der Waals surface area contributed by atoms with E-state index in [1.54, 1.807) is 5.03 Å². The topological polar surface area (TPSA) is 17.1 Å². The highest BCUT2D eigenvalue weighted by molar-refractivity contribution is 7.89. The highest BCUT2D eigenvalue weighted by Gasteiger charge is 2.82. The largest absolute Gasteiger partial charge is 0.298 e. The second kappa shape index (κ2) is 4.34. The van der Waals surface area contributed by atoms with Gasteiger partial charge in [0.1, 0.15) is 0 Å². The number of hydrogen-bond acceptors (Lipinski definition) is 1. The molecule has 0 N–H and O–H groups in total. The third-order valence-electron chi connectivity index (χ3n) is 7.34. The van der Waals surface area contributed by atoms with Gasteiger partial charge in [0.15, 0.2) is 5.78 Å². The van der Waals surface area contributed by atoms with Crippen molar-refractivity contribution in [2.75, 3.05) is 0 Å². The van der Waals surface area contributed by atoms with Crippen LogP contribution in [-0.4, -0.2) is 27.3 Å². The second-order valence-electron chi connectivity index (χ2n) is 8.85. The van der Waals surface area contributed by atoms with Gasteiger partial charge >= 0.3 is 0 Å². The Labute approximate surface area is 137 Å². The number of ketones is 1. The lowest BCUT2D eigenvalue weighted by Gasteiger charge is -2.55. The minimum absolute atomic E-state index is 0.253. The Morgan fingerprint density at radius 1 is 1.18 bits per heavy atom. The molecule has 0 aromatic heterocycles. The molecule has 4 bridgehead atoms. The van der Waals surface area contributed by atoms with Gasteiger partial charge in [-0.15, -0.1) is 0 Å². The molecule has 1 saturated carbocycles. The van der Waals surface area contributed by atoms with Gasteiger partial charge < -0.3 is 0 Å². The maximum Gasteiger partial charge on any atom is 0.155 e. The van der Waals surface area contributed by atoms with Crippen molar-refractivity contribution in [3.05, 3.63) is 12.2 Å². The van der Waals surface area contributed by atoms with Gasteiger partial charge in [-0.25, -0.2) is 0 Å². The number of carbonyl (C=O) groups is 1. The molecule has 4 aliphatic heterocycles. The summed E-state index contributed by atoms with van der Waals surface area (Å²) in [6, 6.07) is 0. The summed E-state index contributed by atoms with van der Waals surface area (Å²) in [6.07, 6.45) is 7.20. The lowest BCUT2D eigenvalue weighted by Crippen LogP contribution is -2.51. The minimum Gasteiger partial charge on any atom is -0.298 e. The van der Waals surface area contributed by atoms with E-state index < -0.39 is 0 Å². The van der Waals surface area contributed by atoms with Gasteiger partial charge in [0, 0.05) is 5.16 Å². The molecule has 1 saturated heterocycles. The molecule has 3 heteroatoms. The van der Waals surface area contributed by atoms with Gasteiger partial charge in [0.2, 0.25) is 0 Å². The van der Waals surface area contributed by atoms with Gasteiger partial charge in [-0.1, -0.05) is 76.2 Å². The lowest BCUT2D eigenvalue weighted by atomic mass is 9.80. The van der Waals surface area contributed by atoms with Crippen molar-refractivity contribution in [1.82, 2.24) is 0 Å². The average molecular weight is 334 g/mol. The van der Waals surface area contributed by atoms with E-state index in [2.05, 4.69) is 53.7 Å². The minimum atomic E-state index is -0.311. The molecule has 0 aromatic carbocycles. The van der Waals surface area contributed by atoms with Crippen molar-refractivity contribution in [2.24, 2.45) is 22.7 Å². The Morgan fingerprint density at radius 3 is 2.45 bits per heavy atom. The van der Waals surface area contributed by atoms with Crippen molar-refractivity contribution < 1.29 is 4.79 Å². The van der Waals surface area contributed by atoms with Crippen molar-refractivity contribution in [2.45, 2.75) is 70.9 Å². The van der Waals surface area contributed by atoms with Crippen LogP contribution in [0.3, 0.4) is 0 Å². The van der Waals surface area contributed by atoms with Gasteiger partial charge in [0.05, 0.1) is 11.3 Å². The van der Waals surface area contributed by atoms with Gasteiger partial charge in [-0.3, -0.25) is 4.79 Å². The Kier molecular flexibility index (Phi) is 3.07. The van der Waals surface area contributed by atoms with E-state index in [-0.39, 0.29) is 13.6 Å². The SMILES string of the molecule is CCC(C)(C)C1=P[C@@H]2C(=O)[C@@H]3C=C[C@H]4[C@@H]2[C@@]4(C(C)(C)CC)P13. The zero-order valence-electron chi connectivity index (χ0n) is 14.7. The molecular weight excluding hydrogens is 306 g/mol. The summed E-state index contributed by atoms with van der Waals surface area (Å²) in [5.74, 6) is 1.94. The highest BCUT2D eigenvalue weighted by atomic mass is 31.1. The quantitative estimate of drug-likeness (QED) is 0.503. The summed E-state index contributed by atoms with van der Waals surface area (Å²) >= 11 is 0. The van der Waals surface area contributed by atoms with Crippen LogP contribution in [-0.2, 0) is 4.79 Å². The summed E-state index contributed by atoms with van der Waals surface area (Å²) < 4.78 is 0. The fourth-order valence-corrected chi connectivity index (χ4v) is 13.5. The molecule has 1 nitrogen and oxygen atoms in total. The molecule has 1 unspecified atom stereocenters. The summed E-state index contributed by atoms with van der Waals surface area (Å²) in [6.45, 7) is 14.5. The molecule has 1 aliphatic carbocycles. The summed E-state index contributed by atoms with van der Waals surface area (Å²) in [4.78, 5) is 12.9. The van der Waals surface area contributed by atoms with Crippen molar-refractivity contribution >= 4 is 26.9 Å². The molecule has 5 rings (SSSR count). The Balaban J connectivity index is 1.92. The number of allylic oxidation sites excluding steroid dienone is 2. The number of carbonyl (C=O) groups excluding carboxylic acids is 1. The first-order chi connectivity index (χ1) is 10.2. The normalized spacial score (nSPS) is 45.8. The maximum absolute atomic E-state index is 12.9. The summed E-state index contributed by atoms with van der Waals surface area (Å²) in [7, 11) is 1.10. The molecule has 0 spiro atoms. The van der Waals surface area contributed by atoms with E-state index >= 15 is 0 Å². The van der Waals surface area contributed by atoms with Crippen LogP contribution in [0, 0.1) is 22.7 Å². The predicted octanol–water partition coefficient (Wildman–Crippen LogP) is 5.30. The van der Waals surface area contributed by atoms with E-state index in [1.165, 1.54) is 21.0 Å². The first-order valence-corrected chi connectivity index (χ1v) is 11.2. The Morgan fingerprint density at radius 2 is 1.86 bits per heavy atom. The van der Waals surface area contributed by atoms with E-state index in [0.29, 0.717) is 39.3 Å². The predicted molar refractivity (Wildman–Crippen MR) is 98.4 cm³/mol. The van der Waals surface area contributed by atoms with Crippen molar-refractivity contribution in [3.63, 3.8) is 0 Å². The third kappa shape index (κ3) is 1.48. The van der Waals surface area contributed by atoms with E-state index in [9.17, 15) is 4.79 Å². The molecule has 0 aromatic rings. The monoisotopic (exact) mass is 334 g/mol. The molecular formula is C19H28OP2. The molecule has 4 heterocycles. The van der Waals surface area contributed by atoms with E-state index in [1.807, 2.05) is 0 Å². The van der Waals surface area contributed by atoms with Crippen molar-refractivity contribution in [3.8, 4) is 0 Å². The first kappa shape index (κ1) is 15.5. The maximum atomic E-state index is 12.9.